The molecule has 1 aliphatic heterocycles. The van der Waals surface area contributed by atoms with E-state index in [0.717, 1.165) is 25.2 Å². The number of halogens is 2. The number of aryl methyl sites for hydroxylation is 1. The van der Waals surface area contributed by atoms with Gasteiger partial charge in [0.15, 0.2) is 0 Å². The van der Waals surface area contributed by atoms with Crippen LogP contribution in [0, 0.1) is 18.6 Å². The van der Waals surface area contributed by atoms with E-state index in [1.807, 2.05) is 0 Å². The molecule has 1 aromatic heterocycles. The minimum atomic E-state index is -0.432. The van der Waals surface area contributed by atoms with Crippen molar-refractivity contribution in [1.82, 2.24) is 15.3 Å². The third-order valence-corrected chi connectivity index (χ3v) is 4.02. The Morgan fingerprint density at radius 2 is 2.00 bits per heavy atom. The van der Waals surface area contributed by atoms with Crippen LogP contribution in [0.15, 0.2) is 18.3 Å². The second-order valence-electron chi connectivity index (χ2n) is 5.62. The lowest BCUT2D eigenvalue weighted by molar-refractivity contribution is 0.512. The molecule has 1 unspecified atom stereocenters. The molecule has 2 N–H and O–H groups in total. The number of aromatic amines is 1. The van der Waals surface area contributed by atoms with E-state index in [2.05, 4.69) is 15.3 Å². The van der Waals surface area contributed by atoms with E-state index in [0.29, 0.717) is 11.3 Å². The van der Waals surface area contributed by atoms with E-state index in [1.165, 1.54) is 25.0 Å². The molecule has 0 aliphatic carbocycles. The number of nitrogens with zero attached hydrogens (tertiary/aromatic N) is 1. The molecular weight excluding hydrogens is 272 g/mol. The van der Waals surface area contributed by atoms with Crippen LogP contribution in [0.2, 0.25) is 0 Å². The van der Waals surface area contributed by atoms with E-state index in [9.17, 15) is 8.78 Å². The summed E-state index contributed by atoms with van der Waals surface area (Å²) in [5.41, 5.74) is 1.05. The largest absolute Gasteiger partial charge is 0.341 e. The van der Waals surface area contributed by atoms with Gasteiger partial charge in [-0.15, -0.1) is 0 Å². The Balaban J connectivity index is 1.89. The Morgan fingerprint density at radius 1 is 1.14 bits per heavy atom. The van der Waals surface area contributed by atoms with Crippen molar-refractivity contribution in [2.24, 2.45) is 0 Å². The molecule has 0 saturated carbocycles. The van der Waals surface area contributed by atoms with Gasteiger partial charge in [0.25, 0.3) is 0 Å². The number of benzene rings is 1. The van der Waals surface area contributed by atoms with Gasteiger partial charge in [0.1, 0.15) is 17.5 Å². The van der Waals surface area contributed by atoms with Gasteiger partial charge in [0.2, 0.25) is 0 Å². The maximum Gasteiger partial charge on any atom is 0.133 e. The number of nitrogens with one attached hydrogen (secondary N) is 2. The molecule has 1 saturated heterocycles. The highest BCUT2D eigenvalue weighted by molar-refractivity contribution is 5.60. The number of aromatic nitrogens is 2. The number of hydrogen-bond donors (Lipinski definition) is 2. The quantitative estimate of drug-likeness (QED) is 0.882. The van der Waals surface area contributed by atoms with Crippen molar-refractivity contribution in [2.75, 3.05) is 6.54 Å². The van der Waals surface area contributed by atoms with Gasteiger partial charge in [-0.25, -0.2) is 13.8 Å². The minimum Gasteiger partial charge on any atom is -0.341 e. The highest BCUT2D eigenvalue weighted by Gasteiger charge is 2.18. The van der Waals surface area contributed by atoms with Crippen LogP contribution in [0.5, 0.6) is 0 Å². The number of imidazole rings is 1. The third kappa shape index (κ3) is 2.97. The third-order valence-electron chi connectivity index (χ3n) is 4.02. The highest BCUT2D eigenvalue weighted by Crippen LogP contribution is 2.27. The van der Waals surface area contributed by atoms with Crippen molar-refractivity contribution in [3.05, 3.63) is 41.4 Å². The maximum atomic E-state index is 14.0. The Hall–Kier alpha value is -1.75. The molecule has 2 aromatic rings. The van der Waals surface area contributed by atoms with Crippen LogP contribution in [0.4, 0.5) is 8.78 Å². The zero-order valence-electron chi connectivity index (χ0n) is 12.0. The first-order valence-electron chi connectivity index (χ1n) is 7.39. The van der Waals surface area contributed by atoms with E-state index in [-0.39, 0.29) is 11.6 Å². The van der Waals surface area contributed by atoms with Gasteiger partial charge >= 0.3 is 0 Å². The molecule has 2 heterocycles. The first-order chi connectivity index (χ1) is 10.1. The zero-order chi connectivity index (χ0) is 14.8. The van der Waals surface area contributed by atoms with Crippen molar-refractivity contribution >= 4 is 0 Å². The van der Waals surface area contributed by atoms with E-state index in [4.69, 9.17) is 0 Å². The average Bonchev–Trinajstić information content (AvgIpc) is 2.78. The topological polar surface area (TPSA) is 40.7 Å². The predicted octanol–water partition coefficient (Wildman–Crippen LogP) is 3.87. The summed E-state index contributed by atoms with van der Waals surface area (Å²) in [6, 6.07) is 2.61. The summed E-state index contributed by atoms with van der Waals surface area (Å²) in [5.74, 6) is -0.0413. The lowest BCUT2D eigenvalue weighted by Crippen LogP contribution is -2.21. The molecule has 21 heavy (non-hydrogen) atoms. The van der Waals surface area contributed by atoms with Crippen molar-refractivity contribution in [3.63, 3.8) is 0 Å². The molecular formula is C16H19F2N3. The molecule has 1 aromatic carbocycles. The van der Waals surface area contributed by atoms with Crippen molar-refractivity contribution < 1.29 is 8.78 Å². The molecule has 0 radical (unpaired) electrons. The van der Waals surface area contributed by atoms with Crippen molar-refractivity contribution in [3.8, 4) is 11.3 Å². The van der Waals surface area contributed by atoms with Crippen LogP contribution in [0.1, 0.15) is 43.1 Å². The van der Waals surface area contributed by atoms with Crippen LogP contribution in [-0.4, -0.2) is 16.5 Å². The molecule has 1 aliphatic rings. The standard InChI is InChI=1S/C16H19F2N3/c1-10-7-13(18)11(8-12(10)17)15-9-20-16(21-15)14-5-3-2-4-6-19-14/h7-9,14,19H,2-6H2,1H3,(H,20,21). The molecule has 112 valence electrons. The lowest BCUT2D eigenvalue weighted by Gasteiger charge is -2.12. The zero-order valence-corrected chi connectivity index (χ0v) is 12.0. The molecule has 3 nitrogen and oxygen atoms in total. The van der Waals surface area contributed by atoms with Crippen LogP contribution < -0.4 is 5.32 Å². The van der Waals surface area contributed by atoms with E-state index in [1.54, 1.807) is 13.1 Å². The Bertz CT molecular complexity index is 628. The molecule has 0 amide bonds. The first kappa shape index (κ1) is 14.2. The maximum absolute atomic E-state index is 14.0. The summed E-state index contributed by atoms with van der Waals surface area (Å²) >= 11 is 0. The Labute approximate surface area is 122 Å². The fourth-order valence-electron chi connectivity index (χ4n) is 2.77. The molecule has 5 heteroatoms. The van der Waals surface area contributed by atoms with Crippen molar-refractivity contribution in [1.29, 1.82) is 0 Å². The minimum absolute atomic E-state index is 0.166. The second kappa shape index (κ2) is 5.93. The van der Waals surface area contributed by atoms with Gasteiger partial charge in [-0.05, 0) is 44.0 Å². The number of rotatable bonds is 2. The van der Waals surface area contributed by atoms with Gasteiger partial charge < -0.3 is 10.3 Å². The van der Waals surface area contributed by atoms with Crippen LogP contribution in [0.25, 0.3) is 11.3 Å². The van der Waals surface area contributed by atoms with Crippen LogP contribution in [-0.2, 0) is 0 Å². The molecule has 1 fully saturated rings. The Morgan fingerprint density at radius 3 is 2.86 bits per heavy atom. The number of hydrogen-bond acceptors (Lipinski definition) is 2. The summed E-state index contributed by atoms with van der Waals surface area (Å²) < 4.78 is 27.6. The summed E-state index contributed by atoms with van der Waals surface area (Å²) in [4.78, 5) is 7.48. The Kier molecular flexibility index (Phi) is 4.01. The van der Waals surface area contributed by atoms with Gasteiger partial charge in [0, 0.05) is 5.56 Å². The molecule has 0 bridgehead atoms. The highest BCUT2D eigenvalue weighted by atomic mass is 19.1. The van der Waals surface area contributed by atoms with Gasteiger partial charge in [-0.2, -0.15) is 0 Å². The van der Waals surface area contributed by atoms with Crippen molar-refractivity contribution in [2.45, 2.75) is 38.6 Å². The fraction of sp³-hybridized carbons (Fsp3) is 0.438. The molecule has 1 atom stereocenters. The van der Waals surface area contributed by atoms with E-state index >= 15 is 0 Å². The summed E-state index contributed by atoms with van der Waals surface area (Å²) in [5, 5.41) is 3.44. The van der Waals surface area contributed by atoms with Gasteiger partial charge in [-0.1, -0.05) is 12.8 Å². The number of H-pyrrole nitrogens is 1. The lowest BCUT2D eigenvalue weighted by atomic mass is 10.1. The van der Waals surface area contributed by atoms with Crippen LogP contribution >= 0.6 is 0 Å². The smallest absolute Gasteiger partial charge is 0.133 e. The summed E-state index contributed by atoms with van der Waals surface area (Å²) in [7, 11) is 0. The van der Waals surface area contributed by atoms with Gasteiger partial charge in [-0.3, -0.25) is 0 Å². The van der Waals surface area contributed by atoms with Crippen LogP contribution in [0.3, 0.4) is 0 Å². The van der Waals surface area contributed by atoms with E-state index < -0.39 is 11.6 Å². The average molecular weight is 291 g/mol. The summed E-state index contributed by atoms with van der Waals surface area (Å²) in [6.07, 6.45) is 6.13. The first-order valence-corrected chi connectivity index (χ1v) is 7.39. The second-order valence-corrected chi connectivity index (χ2v) is 5.62. The molecule has 3 rings (SSSR count). The molecule has 0 spiro atoms. The monoisotopic (exact) mass is 291 g/mol. The summed E-state index contributed by atoms with van der Waals surface area (Å²) in [6.45, 7) is 2.52. The fourth-order valence-corrected chi connectivity index (χ4v) is 2.77. The van der Waals surface area contributed by atoms with Gasteiger partial charge in [0.05, 0.1) is 17.9 Å². The predicted molar refractivity (Wildman–Crippen MR) is 77.9 cm³/mol. The normalized spacial score (nSPS) is 19.5. The SMILES string of the molecule is Cc1cc(F)c(-c2cnc(C3CCCCCN3)[nH]2)cc1F.